The standard InChI is InChI=1S/C21H26Se2/c1-16(2)5-10-21(23-20-13-8-18(4)9-14-20)15-22-19-11-6-17(3)7-12-19/h6-9,11-16H,5,10H2,1-4H3/b21-15-. The zero-order valence-corrected chi connectivity index (χ0v) is 17.9. The van der Waals surface area contributed by atoms with Gasteiger partial charge in [-0.3, -0.25) is 0 Å². The minimum absolute atomic E-state index is 0.451. The van der Waals surface area contributed by atoms with Gasteiger partial charge in [0.05, 0.1) is 0 Å². The van der Waals surface area contributed by atoms with E-state index >= 15 is 0 Å². The van der Waals surface area contributed by atoms with E-state index in [1.54, 1.807) is 4.47 Å². The number of hydrogen-bond donors (Lipinski definition) is 0. The first-order valence-corrected chi connectivity index (χ1v) is 11.8. The molecule has 0 saturated carbocycles. The molecule has 2 aromatic carbocycles. The van der Waals surface area contributed by atoms with Crippen molar-refractivity contribution in [3.8, 4) is 0 Å². The fraction of sp³-hybridized carbons (Fsp3) is 0.333. The van der Waals surface area contributed by atoms with Crippen molar-refractivity contribution in [2.45, 2.75) is 40.5 Å². The fourth-order valence-electron chi connectivity index (χ4n) is 2.07. The van der Waals surface area contributed by atoms with E-state index in [4.69, 9.17) is 0 Å². The molecule has 0 amide bonds. The molecular formula is C21H26Se2. The van der Waals surface area contributed by atoms with Crippen molar-refractivity contribution in [2.75, 3.05) is 0 Å². The van der Waals surface area contributed by atoms with Gasteiger partial charge in [-0.2, -0.15) is 0 Å². The molecule has 2 aromatic rings. The van der Waals surface area contributed by atoms with Crippen LogP contribution in [0.1, 0.15) is 37.8 Å². The van der Waals surface area contributed by atoms with Crippen LogP contribution in [-0.2, 0) is 0 Å². The average Bonchev–Trinajstić information content (AvgIpc) is 2.53. The Bertz CT molecular complexity index is 622. The van der Waals surface area contributed by atoms with Crippen LogP contribution in [0.15, 0.2) is 58.0 Å². The topological polar surface area (TPSA) is 0 Å². The Morgan fingerprint density at radius 1 is 0.870 bits per heavy atom. The third-order valence-corrected chi connectivity index (χ3v) is 8.62. The first-order chi connectivity index (χ1) is 11.0. The third kappa shape index (κ3) is 7.10. The van der Waals surface area contributed by atoms with E-state index in [0.717, 1.165) is 5.92 Å². The van der Waals surface area contributed by atoms with Crippen molar-refractivity contribution < 1.29 is 0 Å². The Hall–Kier alpha value is -0.781. The van der Waals surface area contributed by atoms with Crippen LogP contribution in [-0.4, -0.2) is 29.9 Å². The maximum absolute atomic E-state index is 2.54. The van der Waals surface area contributed by atoms with Gasteiger partial charge < -0.3 is 0 Å². The Morgan fingerprint density at radius 2 is 1.39 bits per heavy atom. The molecule has 0 heterocycles. The first kappa shape index (κ1) is 18.6. The van der Waals surface area contributed by atoms with Crippen molar-refractivity contribution in [3.05, 3.63) is 69.1 Å². The summed E-state index contributed by atoms with van der Waals surface area (Å²) < 4.78 is 4.64. The van der Waals surface area contributed by atoms with Gasteiger partial charge >= 0.3 is 154 Å². The predicted molar refractivity (Wildman–Crippen MR) is 105 cm³/mol. The number of hydrogen-bond acceptors (Lipinski definition) is 0. The van der Waals surface area contributed by atoms with Crippen LogP contribution in [0.2, 0.25) is 0 Å². The Morgan fingerprint density at radius 3 is 1.91 bits per heavy atom. The molecule has 122 valence electrons. The van der Waals surface area contributed by atoms with Crippen molar-refractivity contribution in [1.82, 2.24) is 0 Å². The van der Waals surface area contributed by atoms with Gasteiger partial charge in [0.25, 0.3) is 0 Å². The van der Waals surface area contributed by atoms with Crippen molar-refractivity contribution in [1.29, 1.82) is 0 Å². The molecule has 0 saturated heterocycles. The summed E-state index contributed by atoms with van der Waals surface area (Å²) >= 11 is 0.918. The second-order valence-corrected chi connectivity index (χ2v) is 10.9. The van der Waals surface area contributed by atoms with E-state index in [2.05, 4.69) is 81.2 Å². The van der Waals surface area contributed by atoms with Gasteiger partial charge in [-0.25, -0.2) is 0 Å². The van der Waals surface area contributed by atoms with E-state index in [1.165, 1.54) is 32.9 Å². The molecule has 0 aliphatic heterocycles. The van der Waals surface area contributed by atoms with Crippen molar-refractivity contribution >= 4 is 38.8 Å². The molecule has 0 aliphatic rings. The van der Waals surface area contributed by atoms with Gasteiger partial charge in [0.2, 0.25) is 0 Å². The summed E-state index contributed by atoms with van der Waals surface area (Å²) in [6.45, 7) is 8.96. The maximum atomic E-state index is 2.54. The summed E-state index contributed by atoms with van der Waals surface area (Å²) in [5, 5.41) is 0. The van der Waals surface area contributed by atoms with Crippen LogP contribution in [0.5, 0.6) is 0 Å². The van der Waals surface area contributed by atoms with Crippen LogP contribution >= 0.6 is 0 Å². The van der Waals surface area contributed by atoms with Crippen LogP contribution in [0.3, 0.4) is 0 Å². The van der Waals surface area contributed by atoms with E-state index in [-0.39, 0.29) is 0 Å². The number of benzene rings is 2. The molecule has 0 fully saturated rings. The summed E-state index contributed by atoms with van der Waals surface area (Å²) in [6.07, 6.45) is 2.54. The molecule has 0 unspecified atom stereocenters. The molecule has 2 rings (SSSR count). The second kappa shape index (κ2) is 9.50. The minimum atomic E-state index is 0.451. The van der Waals surface area contributed by atoms with E-state index in [1.807, 2.05) is 0 Å². The Balaban J connectivity index is 2.07. The summed E-state index contributed by atoms with van der Waals surface area (Å²) in [7, 11) is 0. The van der Waals surface area contributed by atoms with E-state index < -0.39 is 0 Å². The van der Waals surface area contributed by atoms with Crippen molar-refractivity contribution in [3.63, 3.8) is 0 Å². The summed E-state index contributed by atoms with van der Waals surface area (Å²) in [6, 6.07) is 18.1. The van der Waals surface area contributed by atoms with Gasteiger partial charge in [0, 0.05) is 0 Å². The van der Waals surface area contributed by atoms with Crippen molar-refractivity contribution in [2.24, 2.45) is 5.92 Å². The van der Waals surface area contributed by atoms with Gasteiger partial charge in [-0.15, -0.1) is 0 Å². The number of allylic oxidation sites excluding steroid dienone is 1. The zero-order valence-electron chi connectivity index (χ0n) is 14.5. The SMILES string of the molecule is Cc1ccc([Se]/C=C(/CCC(C)C)[Se]c2ccc(C)cc2)cc1. The number of aryl methyl sites for hydroxylation is 2. The zero-order chi connectivity index (χ0) is 16.7. The molecule has 0 radical (unpaired) electrons. The molecule has 2 heteroatoms. The van der Waals surface area contributed by atoms with E-state index in [9.17, 15) is 0 Å². The van der Waals surface area contributed by atoms with Gasteiger partial charge in [-0.1, -0.05) is 0 Å². The predicted octanol–water partition coefficient (Wildman–Crippen LogP) is 3.94. The summed E-state index contributed by atoms with van der Waals surface area (Å²) in [5.41, 5.74) is 2.69. The summed E-state index contributed by atoms with van der Waals surface area (Å²) in [5.74, 6) is 0.777. The fourth-order valence-corrected chi connectivity index (χ4v) is 6.31. The molecule has 0 spiro atoms. The Labute approximate surface area is 154 Å². The average molecular weight is 436 g/mol. The van der Waals surface area contributed by atoms with Crippen LogP contribution in [0, 0.1) is 19.8 Å². The van der Waals surface area contributed by atoms with Crippen LogP contribution < -0.4 is 8.92 Å². The number of rotatable bonds is 7. The first-order valence-electron chi connectivity index (χ1n) is 8.20. The van der Waals surface area contributed by atoms with Crippen LogP contribution in [0.25, 0.3) is 0 Å². The van der Waals surface area contributed by atoms with Gasteiger partial charge in [-0.05, 0) is 0 Å². The third-order valence-electron chi connectivity index (χ3n) is 3.59. The van der Waals surface area contributed by atoms with Crippen LogP contribution in [0.4, 0.5) is 0 Å². The summed E-state index contributed by atoms with van der Waals surface area (Å²) in [4.78, 5) is 2.54. The Kier molecular flexibility index (Phi) is 7.66. The van der Waals surface area contributed by atoms with Gasteiger partial charge in [0.1, 0.15) is 0 Å². The molecular weight excluding hydrogens is 410 g/mol. The molecule has 0 bridgehead atoms. The monoisotopic (exact) mass is 438 g/mol. The molecule has 0 nitrogen and oxygen atoms in total. The quantitative estimate of drug-likeness (QED) is 0.577. The van der Waals surface area contributed by atoms with Gasteiger partial charge in [0.15, 0.2) is 0 Å². The second-order valence-electron chi connectivity index (χ2n) is 6.36. The molecule has 0 atom stereocenters. The molecule has 0 aliphatic carbocycles. The molecule has 0 aromatic heterocycles. The molecule has 23 heavy (non-hydrogen) atoms. The normalized spacial score (nSPS) is 12.0. The molecule has 0 N–H and O–H groups in total. The van der Waals surface area contributed by atoms with E-state index in [0.29, 0.717) is 29.9 Å².